The van der Waals surface area contributed by atoms with Gasteiger partial charge >= 0.3 is 0 Å². The van der Waals surface area contributed by atoms with Crippen LogP contribution in [-0.2, 0) is 21.9 Å². The zero-order valence-corrected chi connectivity index (χ0v) is 20.4. The number of halogens is 1. The second kappa shape index (κ2) is 12.8. The van der Waals surface area contributed by atoms with Crippen molar-refractivity contribution >= 4 is 35.2 Å². The van der Waals surface area contributed by atoms with Crippen LogP contribution in [0.15, 0.2) is 48.5 Å². The minimum absolute atomic E-state index is 0.0200. The van der Waals surface area contributed by atoms with E-state index in [2.05, 4.69) is 5.32 Å². The third-order valence-electron chi connectivity index (χ3n) is 5.40. The molecular formula is C25H33ClN2O2S. The van der Waals surface area contributed by atoms with Crippen molar-refractivity contribution in [2.24, 2.45) is 0 Å². The maximum Gasteiger partial charge on any atom is 0.243 e. The van der Waals surface area contributed by atoms with Crippen LogP contribution >= 0.6 is 23.4 Å². The largest absolute Gasteiger partial charge is 0.352 e. The van der Waals surface area contributed by atoms with Gasteiger partial charge in [0.1, 0.15) is 6.04 Å². The third kappa shape index (κ3) is 7.89. The highest BCUT2D eigenvalue weighted by Gasteiger charge is 2.29. The highest BCUT2D eigenvalue weighted by atomic mass is 35.5. The van der Waals surface area contributed by atoms with E-state index < -0.39 is 6.04 Å². The Morgan fingerprint density at radius 1 is 1.06 bits per heavy atom. The predicted molar refractivity (Wildman–Crippen MR) is 131 cm³/mol. The average molecular weight is 461 g/mol. The molecule has 2 aromatic rings. The van der Waals surface area contributed by atoms with Gasteiger partial charge in [0, 0.05) is 23.4 Å². The number of nitrogens with zero attached hydrogens (tertiary/aromatic N) is 1. The molecule has 0 heterocycles. The molecule has 168 valence electrons. The van der Waals surface area contributed by atoms with Gasteiger partial charge in [-0.2, -0.15) is 0 Å². The zero-order valence-electron chi connectivity index (χ0n) is 18.9. The minimum Gasteiger partial charge on any atom is -0.352 e. The Morgan fingerprint density at radius 2 is 1.74 bits per heavy atom. The van der Waals surface area contributed by atoms with Gasteiger partial charge in [-0.05, 0) is 55.5 Å². The molecule has 0 radical (unpaired) electrons. The van der Waals surface area contributed by atoms with Crippen LogP contribution in [0.25, 0.3) is 0 Å². The highest BCUT2D eigenvalue weighted by Crippen LogP contribution is 2.20. The molecule has 2 amide bonds. The maximum atomic E-state index is 13.3. The first-order valence-corrected chi connectivity index (χ1v) is 12.4. The summed E-state index contributed by atoms with van der Waals surface area (Å²) >= 11 is 7.50. The Labute approximate surface area is 195 Å². The van der Waals surface area contributed by atoms with Gasteiger partial charge in [0.25, 0.3) is 0 Å². The van der Waals surface area contributed by atoms with Crippen molar-refractivity contribution in [3.8, 4) is 0 Å². The lowest BCUT2D eigenvalue weighted by molar-refractivity contribution is -0.139. The molecule has 6 heteroatoms. The molecule has 31 heavy (non-hydrogen) atoms. The summed E-state index contributed by atoms with van der Waals surface area (Å²) in [6.45, 7) is 8.45. The molecule has 0 unspecified atom stereocenters. The van der Waals surface area contributed by atoms with Crippen molar-refractivity contribution < 1.29 is 9.59 Å². The molecule has 2 aromatic carbocycles. The molecule has 4 nitrogen and oxygen atoms in total. The van der Waals surface area contributed by atoms with E-state index in [-0.39, 0.29) is 17.9 Å². The topological polar surface area (TPSA) is 49.4 Å². The van der Waals surface area contributed by atoms with E-state index in [1.54, 1.807) is 16.7 Å². The number of hydrogen-bond donors (Lipinski definition) is 1. The first-order valence-electron chi connectivity index (χ1n) is 10.8. The molecule has 1 N–H and O–H groups in total. The lowest BCUT2D eigenvalue weighted by Crippen LogP contribution is -2.51. The predicted octanol–water partition coefficient (Wildman–Crippen LogP) is 5.60. The lowest BCUT2D eigenvalue weighted by Gasteiger charge is -2.32. The van der Waals surface area contributed by atoms with Crippen LogP contribution in [0, 0.1) is 6.92 Å². The van der Waals surface area contributed by atoms with E-state index in [1.807, 2.05) is 76.2 Å². The van der Waals surface area contributed by atoms with Gasteiger partial charge in [-0.15, -0.1) is 11.8 Å². The van der Waals surface area contributed by atoms with Crippen molar-refractivity contribution in [2.75, 3.05) is 5.75 Å². The zero-order chi connectivity index (χ0) is 22.8. The number of thioether (sulfide) groups is 1. The number of nitrogens with one attached hydrogen (secondary N) is 1. The minimum atomic E-state index is -0.489. The van der Waals surface area contributed by atoms with Crippen LogP contribution in [0.2, 0.25) is 5.02 Å². The van der Waals surface area contributed by atoms with Crippen molar-refractivity contribution in [2.45, 2.75) is 64.9 Å². The number of carbonyl (C=O) groups is 2. The molecule has 0 fully saturated rings. The Hall–Kier alpha value is -1.98. The van der Waals surface area contributed by atoms with E-state index in [1.165, 1.54) is 0 Å². The summed E-state index contributed by atoms with van der Waals surface area (Å²) < 4.78 is 0. The van der Waals surface area contributed by atoms with Gasteiger partial charge in [0.05, 0.1) is 5.75 Å². The van der Waals surface area contributed by atoms with Gasteiger partial charge in [-0.1, -0.05) is 61.8 Å². The lowest BCUT2D eigenvalue weighted by atomic mass is 10.1. The van der Waals surface area contributed by atoms with Crippen LogP contribution < -0.4 is 5.32 Å². The first kappa shape index (κ1) is 25.3. The number of carbonyl (C=O) groups excluding carboxylic acids is 2. The van der Waals surface area contributed by atoms with Crippen molar-refractivity contribution in [1.82, 2.24) is 10.2 Å². The van der Waals surface area contributed by atoms with Crippen molar-refractivity contribution in [1.29, 1.82) is 0 Å². The molecule has 0 aliphatic rings. The summed E-state index contributed by atoms with van der Waals surface area (Å²) in [5.74, 6) is 0.938. The molecule has 2 atom stereocenters. The Balaban J connectivity index is 2.14. The van der Waals surface area contributed by atoms with Crippen molar-refractivity contribution in [3.63, 3.8) is 0 Å². The summed E-state index contributed by atoms with van der Waals surface area (Å²) in [7, 11) is 0. The van der Waals surface area contributed by atoms with E-state index in [9.17, 15) is 9.59 Å². The fraction of sp³-hybridized carbons (Fsp3) is 0.440. The Bertz CT molecular complexity index is 857. The molecule has 0 aromatic heterocycles. The number of hydrogen-bond acceptors (Lipinski definition) is 3. The quantitative estimate of drug-likeness (QED) is 0.474. The molecule has 0 bridgehead atoms. The SMILES string of the molecule is CC[C@H](C(=O)N[C@@H](C)CC)N(Cc1ccccc1C)C(=O)CSCc1ccc(Cl)cc1. The van der Waals surface area contributed by atoms with Gasteiger partial charge in [-0.3, -0.25) is 9.59 Å². The molecule has 2 rings (SSSR count). The number of aryl methyl sites for hydroxylation is 1. The molecule has 0 saturated heterocycles. The summed E-state index contributed by atoms with van der Waals surface area (Å²) in [5.41, 5.74) is 3.30. The number of amides is 2. The number of benzene rings is 2. The van der Waals surface area contributed by atoms with Gasteiger partial charge in [0.15, 0.2) is 0 Å². The first-order chi connectivity index (χ1) is 14.8. The second-order valence-corrected chi connectivity index (χ2v) is 9.23. The van der Waals surface area contributed by atoms with Crippen LogP contribution in [0.4, 0.5) is 0 Å². The van der Waals surface area contributed by atoms with Gasteiger partial charge < -0.3 is 10.2 Å². The summed E-state index contributed by atoms with van der Waals surface area (Å²) in [5, 5.41) is 3.75. The van der Waals surface area contributed by atoms with Gasteiger partial charge in [-0.25, -0.2) is 0 Å². The van der Waals surface area contributed by atoms with Crippen LogP contribution in [0.5, 0.6) is 0 Å². The molecule has 0 aliphatic carbocycles. The van der Waals surface area contributed by atoms with Gasteiger partial charge in [0.2, 0.25) is 11.8 Å². The smallest absolute Gasteiger partial charge is 0.243 e. The molecule has 0 spiro atoms. The van der Waals surface area contributed by atoms with Crippen molar-refractivity contribution in [3.05, 3.63) is 70.2 Å². The molecule has 0 aliphatic heterocycles. The van der Waals surface area contributed by atoms with Crippen LogP contribution in [0.1, 0.15) is 50.3 Å². The third-order valence-corrected chi connectivity index (χ3v) is 6.64. The van der Waals surface area contributed by atoms with E-state index >= 15 is 0 Å². The number of rotatable bonds is 11. The van der Waals surface area contributed by atoms with E-state index in [0.717, 1.165) is 28.9 Å². The molecular weight excluding hydrogens is 428 g/mol. The average Bonchev–Trinajstić information content (AvgIpc) is 2.76. The van der Waals surface area contributed by atoms with Crippen LogP contribution in [-0.4, -0.2) is 34.6 Å². The fourth-order valence-electron chi connectivity index (χ4n) is 3.25. The monoisotopic (exact) mass is 460 g/mol. The van der Waals surface area contributed by atoms with Crippen LogP contribution in [0.3, 0.4) is 0 Å². The summed E-state index contributed by atoms with van der Waals surface area (Å²) in [6.07, 6.45) is 1.42. The second-order valence-electron chi connectivity index (χ2n) is 7.81. The Kier molecular flexibility index (Phi) is 10.4. The Morgan fingerprint density at radius 3 is 2.35 bits per heavy atom. The van der Waals surface area contributed by atoms with E-state index in [0.29, 0.717) is 23.7 Å². The maximum absolute atomic E-state index is 13.3. The fourth-order valence-corrected chi connectivity index (χ4v) is 4.25. The summed E-state index contributed by atoms with van der Waals surface area (Å²) in [6, 6.07) is 15.3. The summed E-state index contributed by atoms with van der Waals surface area (Å²) in [4.78, 5) is 28.0. The standard InChI is InChI=1S/C25H33ClN2O2S/c1-5-19(4)27-25(30)23(6-2)28(15-21-10-8-7-9-18(21)3)24(29)17-31-16-20-11-13-22(26)14-12-20/h7-14,19,23H,5-6,15-17H2,1-4H3,(H,27,30)/t19-,23+/m0/s1. The highest BCUT2D eigenvalue weighted by molar-refractivity contribution is 7.99. The normalized spacial score (nSPS) is 12.8. The van der Waals surface area contributed by atoms with E-state index in [4.69, 9.17) is 11.6 Å². The molecule has 0 saturated carbocycles.